The maximum atomic E-state index is 13.3. The van der Waals surface area contributed by atoms with Gasteiger partial charge in [0.1, 0.15) is 48.8 Å². The van der Waals surface area contributed by atoms with E-state index in [2.05, 4.69) is 104 Å². The zero-order valence-electron chi connectivity index (χ0n) is 55.9. The van der Waals surface area contributed by atoms with Crippen LogP contribution in [0, 0.1) is 0 Å². The molecule has 0 aromatic carbocycles. The summed E-state index contributed by atoms with van der Waals surface area (Å²) in [6, 6.07) is -0.934. The summed E-state index contributed by atoms with van der Waals surface area (Å²) in [6.07, 6.45) is 66.2. The maximum Gasteiger partial charge on any atom is 0.220 e. The van der Waals surface area contributed by atoms with E-state index in [9.17, 15) is 45.6 Å². The van der Waals surface area contributed by atoms with E-state index in [4.69, 9.17) is 18.9 Å². The van der Waals surface area contributed by atoms with Crippen LogP contribution in [-0.4, -0.2) is 140 Å². The van der Waals surface area contributed by atoms with Crippen LogP contribution in [0.4, 0.5) is 0 Å². The van der Waals surface area contributed by atoms with E-state index in [0.29, 0.717) is 12.8 Å². The zero-order valence-corrected chi connectivity index (χ0v) is 55.9. The van der Waals surface area contributed by atoms with E-state index < -0.39 is 86.8 Å². The second kappa shape index (κ2) is 58.7. The fraction of sp³-hybridized carbons (Fsp3) is 0.773. The van der Waals surface area contributed by atoms with Crippen molar-refractivity contribution in [3.05, 3.63) is 97.2 Å². The summed E-state index contributed by atoms with van der Waals surface area (Å²) in [5.41, 5.74) is 0. The molecule has 9 N–H and O–H groups in total. The number of ether oxygens (including phenoxy) is 4. The molecule has 89 heavy (non-hydrogen) atoms. The molecule has 12 atom stereocenters. The lowest BCUT2D eigenvalue weighted by molar-refractivity contribution is -0.359. The van der Waals surface area contributed by atoms with Crippen LogP contribution in [0.5, 0.6) is 0 Å². The standard InChI is InChI=1S/C75H131NO13/c1-3-5-7-9-11-13-15-17-19-21-22-23-24-25-26-27-28-29-30-31-32-33-34-35-36-37-38-39-40-41-42-43-45-47-49-51-53-55-57-59-67(80)76-63(64(79)58-56-54-52-50-48-46-44-20-18-16-14-12-10-8-6-4-2)62-86-74-72(85)70(83)73(66(61-78)88-74)89-75-71(84)69(82)68(81)65(60-77)87-75/h5,7,11,13,17,19,22-23,25-26,28-29,48,50,56,58,63-66,68-75,77-79,81-85H,3-4,6,8-10,12,14-16,18,20-21,24,27,30-47,49,51-55,57,59-62H2,1-2H3,(H,76,80)/b7-5-,13-11-,19-17-,23-22-,26-25-,29-28-,50-48+,58-56+. The number of rotatable bonds is 58. The Kier molecular flexibility index (Phi) is 54.1. The minimum atomic E-state index is -1.79. The van der Waals surface area contributed by atoms with E-state index in [0.717, 1.165) is 70.6 Å². The van der Waals surface area contributed by atoms with Gasteiger partial charge in [-0.15, -0.1) is 0 Å². The average Bonchev–Trinajstić information content (AvgIpc) is 2.55. The van der Waals surface area contributed by atoms with E-state index in [1.807, 2.05) is 6.08 Å². The first-order valence-corrected chi connectivity index (χ1v) is 36.0. The zero-order chi connectivity index (χ0) is 64.5. The fourth-order valence-corrected chi connectivity index (χ4v) is 11.3. The maximum absolute atomic E-state index is 13.3. The highest BCUT2D eigenvalue weighted by Crippen LogP contribution is 2.30. The van der Waals surface area contributed by atoms with Gasteiger partial charge < -0.3 is 65.1 Å². The highest BCUT2D eigenvalue weighted by atomic mass is 16.7. The number of allylic oxidation sites excluding steroid dienone is 15. The molecule has 514 valence electrons. The van der Waals surface area contributed by atoms with Crippen molar-refractivity contribution in [1.82, 2.24) is 5.32 Å². The topological polar surface area (TPSA) is 228 Å². The van der Waals surface area contributed by atoms with Crippen LogP contribution in [-0.2, 0) is 23.7 Å². The average molecular weight is 1250 g/mol. The highest BCUT2D eigenvalue weighted by molar-refractivity contribution is 5.76. The van der Waals surface area contributed by atoms with Crippen molar-refractivity contribution < 1.29 is 64.6 Å². The number of nitrogens with one attached hydrogen (secondary N) is 1. The molecule has 2 aliphatic rings. The summed E-state index contributed by atoms with van der Waals surface area (Å²) in [5, 5.41) is 87.3. The molecule has 0 spiro atoms. The Morgan fingerprint density at radius 1 is 0.416 bits per heavy atom. The van der Waals surface area contributed by atoms with Crippen LogP contribution in [0.25, 0.3) is 0 Å². The molecule has 0 bridgehead atoms. The number of hydrogen-bond donors (Lipinski definition) is 9. The molecule has 14 heteroatoms. The highest BCUT2D eigenvalue weighted by Gasteiger charge is 2.51. The van der Waals surface area contributed by atoms with Crippen molar-refractivity contribution in [2.45, 2.75) is 351 Å². The number of carbonyl (C=O) groups is 1. The first-order chi connectivity index (χ1) is 43.6. The summed E-state index contributed by atoms with van der Waals surface area (Å²) in [7, 11) is 0. The number of hydrogen-bond acceptors (Lipinski definition) is 13. The Morgan fingerprint density at radius 2 is 0.787 bits per heavy atom. The minimum Gasteiger partial charge on any atom is -0.394 e. The van der Waals surface area contributed by atoms with Crippen LogP contribution in [0.2, 0.25) is 0 Å². The first kappa shape index (κ1) is 82.0. The van der Waals surface area contributed by atoms with Crippen LogP contribution in [0.1, 0.15) is 277 Å². The van der Waals surface area contributed by atoms with E-state index in [1.165, 1.54) is 173 Å². The molecule has 2 aliphatic heterocycles. The third-order valence-corrected chi connectivity index (χ3v) is 17.0. The van der Waals surface area contributed by atoms with Gasteiger partial charge in [-0.1, -0.05) is 284 Å². The lowest BCUT2D eigenvalue weighted by atomic mass is 9.97. The van der Waals surface area contributed by atoms with Crippen molar-refractivity contribution >= 4 is 5.91 Å². The van der Waals surface area contributed by atoms with Gasteiger partial charge in [0.2, 0.25) is 5.91 Å². The summed E-state index contributed by atoms with van der Waals surface area (Å²) < 4.78 is 22.8. The smallest absolute Gasteiger partial charge is 0.220 e. The molecule has 14 nitrogen and oxygen atoms in total. The number of aliphatic hydroxyl groups is 8. The van der Waals surface area contributed by atoms with Crippen LogP contribution in [0.15, 0.2) is 97.2 Å². The molecule has 2 fully saturated rings. The van der Waals surface area contributed by atoms with Crippen LogP contribution < -0.4 is 5.32 Å². The molecule has 0 saturated carbocycles. The largest absolute Gasteiger partial charge is 0.394 e. The molecule has 0 aromatic heterocycles. The van der Waals surface area contributed by atoms with Gasteiger partial charge in [-0.25, -0.2) is 0 Å². The minimum absolute atomic E-state index is 0.248. The van der Waals surface area contributed by atoms with Gasteiger partial charge in [0.05, 0.1) is 32.0 Å². The molecule has 1 amide bonds. The number of amides is 1. The van der Waals surface area contributed by atoms with Gasteiger partial charge in [0.25, 0.3) is 0 Å². The molecule has 0 aliphatic carbocycles. The quantitative estimate of drug-likeness (QED) is 0.0204. The normalized spacial score (nSPS) is 23.6. The van der Waals surface area contributed by atoms with E-state index >= 15 is 0 Å². The number of carbonyl (C=O) groups excluding carboxylic acids is 1. The lowest BCUT2D eigenvalue weighted by Crippen LogP contribution is -2.65. The molecule has 2 heterocycles. The first-order valence-electron chi connectivity index (χ1n) is 36.0. The van der Waals surface area contributed by atoms with Gasteiger partial charge in [0.15, 0.2) is 12.6 Å². The lowest BCUT2D eigenvalue weighted by Gasteiger charge is -2.46. The molecule has 12 unspecified atom stereocenters. The van der Waals surface area contributed by atoms with Crippen molar-refractivity contribution in [3.63, 3.8) is 0 Å². The summed E-state index contributed by atoms with van der Waals surface area (Å²) >= 11 is 0. The predicted molar refractivity (Wildman–Crippen MR) is 364 cm³/mol. The van der Waals surface area contributed by atoms with Crippen LogP contribution in [0.3, 0.4) is 0 Å². The van der Waals surface area contributed by atoms with Crippen molar-refractivity contribution in [2.75, 3.05) is 19.8 Å². The molecular weight excluding hydrogens is 1120 g/mol. The summed E-state index contributed by atoms with van der Waals surface area (Å²) in [5.74, 6) is -0.248. The third-order valence-electron chi connectivity index (χ3n) is 17.0. The number of unbranched alkanes of at least 4 members (excludes halogenated alkanes) is 31. The Labute approximate surface area is 541 Å². The molecular formula is C75H131NO13. The third kappa shape index (κ3) is 42.7. The van der Waals surface area contributed by atoms with Crippen molar-refractivity contribution in [2.24, 2.45) is 0 Å². The summed E-state index contributed by atoms with van der Waals surface area (Å²) in [4.78, 5) is 13.3. The Bertz CT molecular complexity index is 1860. The fourth-order valence-electron chi connectivity index (χ4n) is 11.3. The van der Waals surface area contributed by atoms with Crippen molar-refractivity contribution in [3.8, 4) is 0 Å². The van der Waals surface area contributed by atoms with Gasteiger partial charge in [-0.2, -0.15) is 0 Å². The SMILES string of the molecule is CC/C=C\C/C=C\C/C=C\C/C=C\C/C=C\C/C=C\CCCCCCCCCCCCCCCCCCCCCCC(=O)NC(COC1OC(CO)C(OC2OC(CO)C(O)C(O)C2O)C(O)C1O)C(O)/C=C/CC/C=C/CCCCCCCCCCCC. The van der Waals surface area contributed by atoms with Gasteiger partial charge in [-0.05, 0) is 83.5 Å². The Hall–Kier alpha value is -3.09. The molecule has 2 saturated heterocycles. The second-order valence-corrected chi connectivity index (χ2v) is 25.0. The van der Waals surface area contributed by atoms with Crippen molar-refractivity contribution in [1.29, 1.82) is 0 Å². The Balaban J connectivity index is 1.59. The molecule has 2 rings (SSSR count). The molecule has 0 radical (unpaired) electrons. The molecule has 0 aromatic rings. The Morgan fingerprint density at radius 3 is 1.24 bits per heavy atom. The van der Waals surface area contributed by atoms with Gasteiger partial charge in [0, 0.05) is 6.42 Å². The van der Waals surface area contributed by atoms with Gasteiger partial charge in [-0.3, -0.25) is 4.79 Å². The van der Waals surface area contributed by atoms with Gasteiger partial charge >= 0.3 is 0 Å². The second-order valence-electron chi connectivity index (χ2n) is 25.0. The number of aliphatic hydroxyl groups excluding tert-OH is 8. The van der Waals surface area contributed by atoms with E-state index in [1.54, 1.807) is 6.08 Å². The summed E-state index contributed by atoms with van der Waals surface area (Å²) in [6.45, 7) is 2.68. The monoisotopic (exact) mass is 1250 g/mol. The van der Waals surface area contributed by atoms with E-state index in [-0.39, 0.29) is 18.9 Å². The predicted octanol–water partition coefficient (Wildman–Crippen LogP) is 15.0. The van der Waals surface area contributed by atoms with Crippen LogP contribution >= 0.6 is 0 Å².